The van der Waals surface area contributed by atoms with Crippen molar-refractivity contribution in [2.75, 3.05) is 33.7 Å². The fourth-order valence-electron chi connectivity index (χ4n) is 2.49. The van der Waals surface area contributed by atoms with Crippen molar-refractivity contribution in [2.24, 2.45) is 5.73 Å². The number of nitrogens with zero attached hydrogens (tertiary/aromatic N) is 2. The van der Waals surface area contributed by atoms with Crippen LogP contribution in [-0.4, -0.2) is 49.6 Å². The van der Waals surface area contributed by atoms with Crippen molar-refractivity contribution in [1.82, 2.24) is 9.80 Å². The van der Waals surface area contributed by atoms with Crippen LogP contribution >= 0.6 is 11.3 Å². The van der Waals surface area contributed by atoms with Gasteiger partial charge in [-0.1, -0.05) is 6.07 Å². The van der Waals surface area contributed by atoms with Gasteiger partial charge in [0.05, 0.1) is 6.04 Å². The first-order valence-electron chi connectivity index (χ1n) is 6.34. The van der Waals surface area contributed by atoms with Crippen LogP contribution in [0.2, 0.25) is 0 Å². The molecule has 0 amide bonds. The quantitative estimate of drug-likeness (QED) is 0.888. The molecular weight excluding hydrogens is 230 g/mol. The van der Waals surface area contributed by atoms with Gasteiger partial charge in [-0.05, 0) is 44.9 Å². The molecule has 0 saturated carbocycles. The third-order valence-electron chi connectivity index (χ3n) is 3.57. The summed E-state index contributed by atoms with van der Waals surface area (Å²) in [4.78, 5) is 6.15. The van der Waals surface area contributed by atoms with E-state index in [4.69, 9.17) is 5.73 Å². The van der Waals surface area contributed by atoms with Gasteiger partial charge in [0.25, 0.3) is 0 Å². The molecule has 2 heterocycles. The second kappa shape index (κ2) is 5.96. The summed E-state index contributed by atoms with van der Waals surface area (Å²) in [6.07, 6.45) is 2.61. The molecular formula is C13H23N3S. The minimum absolute atomic E-state index is 0.177. The van der Waals surface area contributed by atoms with Crippen molar-refractivity contribution in [3.8, 4) is 0 Å². The number of likely N-dealkylation sites (tertiary alicyclic amines) is 1. The lowest BCUT2D eigenvalue weighted by Gasteiger charge is -2.37. The predicted molar refractivity (Wildman–Crippen MR) is 74.4 cm³/mol. The molecule has 1 fully saturated rings. The highest BCUT2D eigenvalue weighted by Gasteiger charge is 2.23. The molecule has 1 aromatic rings. The Kier molecular flexibility index (Phi) is 4.56. The van der Waals surface area contributed by atoms with Gasteiger partial charge in [-0.2, -0.15) is 0 Å². The van der Waals surface area contributed by atoms with E-state index in [1.54, 1.807) is 11.3 Å². The van der Waals surface area contributed by atoms with E-state index in [1.807, 2.05) is 0 Å². The highest BCUT2D eigenvalue weighted by atomic mass is 32.1. The van der Waals surface area contributed by atoms with Crippen LogP contribution in [0.4, 0.5) is 0 Å². The maximum atomic E-state index is 6.25. The number of likely N-dealkylation sites (N-methyl/N-ethyl adjacent to an activating group) is 1. The molecule has 2 N–H and O–H groups in total. The third-order valence-corrected chi connectivity index (χ3v) is 4.58. The first kappa shape index (κ1) is 13.0. The highest BCUT2D eigenvalue weighted by molar-refractivity contribution is 7.10. The fraction of sp³-hybridized carbons (Fsp3) is 0.692. The summed E-state index contributed by atoms with van der Waals surface area (Å²) in [5.74, 6) is 0. The molecule has 2 atom stereocenters. The zero-order valence-electron chi connectivity index (χ0n) is 10.8. The Hall–Kier alpha value is -0.420. The third kappa shape index (κ3) is 3.52. The molecule has 1 aliphatic heterocycles. The molecule has 0 bridgehead atoms. The molecule has 2 unspecified atom stereocenters. The average Bonchev–Trinajstić information content (AvgIpc) is 2.82. The molecule has 0 aliphatic carbocycles. The van der Waals surface area contributed by atoms with E-state index in [2.05, 4.69) is 41.4 Å². The first-order chi connectivity index (χ1) is 8.16. The van der Waals surface area contributed by atoms with Crippen LogP contribution in [0.25, 0.3) is 0 Å². The van der Waals surface area contributed by atoms with E-state index >= 15 is 0 Å². The van der Waals surface area contributed by atoms with Crippen molar-refractivity contribution in [3.05, 3.63) is 22.4 Å². The number of piperidine rings is 1. The second-order valence-corrected chi connectivity index (χ2v) is 6.12. The van der Waals surface area contributed by atoms with Crippen LogP contribution in [0.5, 0.6) is 0 Å². The fourth-order valence-corrected chi connectivity index (χ4v) is 3.21. The van der Waals surface area contributed by atoms with Gasteiger partial charge in [0.1, 0.15) is 0 Å². The number of nitrogens with two attached hydrogens (primary N) is 1. The molecule has 0 radical (unpaired) electrons. The van der Waals surface area contributed by atoms with Gasteiger partial charge in [-0.15, -0.1) is 11.3 Å². The van der Waals surface area contributed by atoms with Crippen LogP contribution in [0, 0.1) is 0 Å². The molecule has 2 rings (SSSR count). The van der Waals surface area contributed by atoms with E-state index in [9.17, 15) is 0 Å². The molecule has 1 aromatic heterocycles. The highest BCUT2D eigenvalue weighted by Crippen LogP contribution is 2.20. The summed E-state index contributed by atoms with van der Waals surface area (Å²) in [6, 6.07) is 5.09. The standard InChI is InChI=1S/C13H23N3S/c1-15(2)11-5-3-7-16(9-11)10-12(14)13-6-4-8-17-13/h4,6,8,11-12H,3,5,7,9-10,14H2,1-2H3. The van der Waals surface area contributed by atoms with Crippen LogP contribution in [0.3, 0.4) is 0 Å². The Labute approximate surface area is 108 Å². The number of rotatable bonds is 4. The first-order valence-corrected chi connectivity index (χ1v) is 7.22. The van der Waals surface area contributed by atoms with Gasteiger partial charge in [-0.3, -0.25) is 4.90 Å². The molecule has 96 valence electrons. The van der Waals surface area contributed by atoms with E-state index in [-0.39, 0.29) is 6.04 Å². The minimum Gasteiger partial charge on any atom is -0.322 e. The maximum absolute atomic E-state index is 6.25. The summed E-state index contributed by atoms with van der Waals surface area (Å²) in [5.41, 5.74) is 6.25. The van der Waals surface area contributed by atoms with E-state index < -0.39 is 0 Å². The Morgan fingerprint density at radius 2 is 2.41 bits per heavy atom. The van der Waals surface area contributed by atoms with Gasteiger partial charge in [0.2, 0.25) is 0 Å². The SMILES string of the molecule is CN(C)C1CCCN(CC(N)c2cccs2)C1. The minimum atomic E-state index is 0.177. The number of hydrogen-bond donors (Lipinski definition) is 1. The van der Waals surface area contributed by atoms with Gasteiger partial charge in [-0.25, -0.2) is 0 Å². The topological polar surface area (TPSA) is 32.5 Å². The van der Waals surface area contributed by atoms with Gasteiger partial charge >= 0.3 is 0 Å². The van der Waals surface area contributed by atoms with E-state index in [1.165, 1.54) is 24.3 Å². The normalized spacial score (nSPS) is 24.1. The van der Waals surface area contributed by atoms with Crippen molar-refractivity contribution in [3.63, 3.8) is 0 Å². The Bertz CT molecular complexity index is 323. The Morgan fingerprint density at radius 3 is 3.06 bits per heavy atom. The zero-order valence-corrected chi connectivity index (χ0v) is 11.6. The smallest absolute Gasteiger partial charge is 0.0519 e. The summed E-state index contributed by atoms with van der Waals surface area (Å²) in [5, 5.41) is 2.11. The van der Waals surface area contributed by atoms with Crippen molar-refractivity contribution >= 4 is 11.3 Å². The summed E-state index contributed by atoms with van der Waals surface area (Å²) < 4.78 is 0. The molecule has 0 spiro atoms. The molecule has 17 heavy (non-hydrogen) atoms. The van der Waals surface area contributed by atoms with Gasteiger partial charge in [0.15, 0.2) is 0 Å². The molecule has 1 saturated heterocycles. The van der Waals surface area contributed by atoms with Crippen molar-refractivity contribution in [1.29, 1.82) is 0 Å². The lowest BCUT2D eigenvalue weighted by Crippen LogP contribution is -2.46. The van der Waals surface area contributed by atoms with Gasteiger partial charge < -0.3 is 10.6 Å². The van der Waals surface area contributed by atoms with Crippen LogP contribution < -0.4 is 5.73 Å². The molecule has 1 aliphatic rings. The zero-order chi connectivity index (χ0) is 12.3. The van der Waals surface area contributed by atoms with Crippen LogP contribution in [0.1, 0.15) is 23.8 Å². The van der Waals surface area contributed by atoms with Crippen LogP contribution in [0.15, 0.2) is 17.5 Å². The lowest BCUT2D eigenvalue weighted by molar-refractivity contribution is 0.128. The van der Waals surface area contributed by atoms with Crippen molar-refractivity contribution in [2.45, 2.75) is 24.9 Å². The second-order valence-electron chi connectivity index (χ2n) is 5.14. The number of thiophene rings is 1. The van der Waals surface area contributed by atoms with Gasteiger partial charge in [0, 0.05) is 24.0 Å². The number of hydrogen-bond acceptors (Lipinski definition) is 4. The summed E-state index contributed by atoms with van der Waals surface area (Å²) in [7, 11) is 4.35. The predicted octanol–water partition coefficient (Wildman–Crippen LogP) is 1.77. The maximum Gasteiger partial charge on any atom is 0.0519 e. The van der Waals surface area contributed by atoms with E-state index in [0.29, 0.717) is 6.04 Å². The molecule has 4 heteroatoms. The largest absolute Gasteiger partial charge is 0.322 e. The Morgan fingerprint density at radius 1 is 1.59 bits per heavy atom. The van der Waals surface area contributed by atoms with Crippen LogP contribution in [-0.2, 0) is 0 Å². The van der Waals surface area contributed by atoms with Crippen molar-refractivity contribution < 1.29 is 0 Å². The average molecular weight is 253 g/mol. The molecule has 3 nitrogen and oxygen atoms in total. The Balaban J connectivity index is 1.86. The monoisotopic (exact) mass is 253 g/mol. The summed E-state index contributed by atoms with van der Waals surface area (Å²) >= 11 is 1.76. The van der Waals surface area contributed by atoms with E-state index in [0.717, 1.165) is 13.1 Å². The summed E-state index contributed by atoms with van der Waals surface area (Å²) in [6.45, 7) is 3.35. The molecule has 0 aromatic carbocycles. The lowest BCUT2D eigenvalue weighted by atomic mass is 10.0.